The summed E-state index contributed by atoms with van der Waals surface area (Å²) in [4.78, 5) is 11.7. The van der Waals surface area contributed by atoms with E-state index in [1.54, 1.807) is 6.92 Å². The lowest BCUT2D eigenvalue weighted by atomic mass is 9.97. The minimum absolute atomic E-state index is 0.0351. The van der Waals surface area contributed by atoms with Crippen LogP contribution in [0.2, 0.25) is 0 Å². The van der Waals surface area contributed by atoms with Crippen LogP contribution in [0, 0.1) is 11.3 Å². The minimum atomic E-state index is -0.211. The molecule has 1 aromatic carbocycles. The molecule has 0 amide bonds. The molecule has 1 rings (SSSR count). The van der Waals surface area contributed by atoms with Crippen LogP contribution in [0.4, 0.5) is 0 Å². The van der Waals surface area contributed by atoms with Gasteiger partial charge in [0.1, 0.15) is 0 Å². The summed E-state index contributed by atoms with van der Waals surface area (Å²) in [7, 11) is 0. The Morgan fingerprint density at radius 3 is 2.75 bits per heavy atom. The van der Waals surface area contributed by atoms with Gasteiger partial charge >= 0.3 is 0 Å². The molecule has 0 radical (unpaired) electrons. The van der Waals surface area contributed by atoms with Crippen LogP contribution in [-0.2, 0) is 12.8 Å². The maximum absolute atomic E-state index is 11.9. The van der Waals surface area contributed by atoms with Gasteiger partial charge in [0.05, 0.1) is 17.3 Å². The highest BCUT2D eigenvalue weighted by molar-refractivity contribution is 9.10. The van der Waals surface area contributed by atoms with Gasteiger partial charge in [0.25, 0.3) is 0 Å². The number of benzene rings is 1. The van der Waals surface area contributed by atoms with Crippen LogP contribution in [-0.4, -0.2) is 10.6 Å². The number of Topliss-reactive ketones (excluding diaryl/α,β-unsaturated/α-hetero) is 1. The summed E-state index contributed by atoms with van der Waals surface area (Å²) in [5, 5.41) is 8.76. The van der Waals surface area contributed by atoms with Crippen LogP contribution < -0.4 is 0 Å². The highest BCUT2D eigenvalue weighted by Crippen LogP contribution is 2.17. The van der Waals surface area contributed by atoms with Crippen molar-refractivity contribution < 1.29 is 4.79 Å². The van der Waals surface area contributed by atoms with Crippen molar-refractivity contribution >= 4 is 21.7 Å². The minimum Gasteiger partial charge on any atom is -0.293 e. The number of nitriles is 1. The number of aryl methyl sites for hydroxylation is 1. The first-order valence-corrected chi connectivity index (χ1v) is 6.18. The zero-order valence-electron chi connectivity index (χ0n) is 9.46. The van der Waals surface area contributed by atoms with Crippen molar-refractivity contribution in [1.82, 2.24) is 0 Å². The zero-order chi connectivity index (χ0) is 12.1. The standard InChI is InChI=1S/C13H14BrNO/c1-3-10-4-5-12(13(16)9(2)14)11(8-10)6-7-15/h4-5,8-9H,3,6H2,1-2H3. The van der Waals surface area contributed by atoms with Gasteiger partial charge in [-0.15, -0.1) is 0 Å². The van der Waals surface area contributed by atoms with Crippen LogP contribution >= 0.6 is 15.9 Å². The van der Waals surface area contributed by atoms with Gasteiger partial charge in [0, 0.05) is 5.56 Å². The molecule has 0 aliphatic heterocycles. The molecule has 0 N–H and O–H groups in total. The van der Waals surface area contributed by atoms with E-state index < -0.39 is 0 Å². The number of hydrogen-bond acceptors (Lipinski definition) is 2. The fourth-order valence-electron chi connectivity index (χ4n) is 1.55. The maximum Gasteiger partial charge on any atom is 0.176 e. The van der Waals surface area contributed by atoms with Gasteiger partial charge < -0.3 is 0 Å². The van der Waals surface area contributed by atoms with E-state index in [4.69, 9.17) is 5.26 Å². The molecule has 0 saturated carbocycles. The molecular weight excluding hydrogens is 266 g/mol. The van der Waals surface area contributed by atoms with E-state index >= 15 is 0 Å². The van der Waals surface area contributed by atoms with E-state index in [0.29, 0.717) is 5.56 Å². The Balaban J connectivity index is 3.18. The molecule has 0 spiro atoms. The molecule has 0 heterocycles. The van der Waals surface area contributed by atoms with Gasteiger partial charge in [0.15, 0.2) is 5.78 Å². The number of carbonyl (C=O) groups is 1. The lowest BCUT2D eigenvalue weighted by Gasteiger charge is -2.09. The average molecular weight is 280 g/mol. The molecule has 84 valence electrons. The SMILES string of the molecule is CCc1ccc(C(=O)C(C)Br)c(CC#N)c1. The van der Waals surface area contributed by atoms with Crippen LogP contribution in [0.15, 0.2) is 18.2 Å². The van der Waals surface area contributed by atoms with Gasteiger partial charge in [-0.3, -0.25) is 4.79 Å². The summed E-state index contributed by atoms with van der Waals surface area (Å²) in [6.45, 7) is 3.85. The van der Waals surface area contributed by atoms with Crippen molar-refractivity contribution in [3.63, 3.8) is 0 Å². The number of carbonyl (C=O) groups excluding carboxylic acids is 1. The number of alkyl halides is 1. The van der Waals surface area contributed by atoms with E-state index in [0.717, 1.165) is 17.5 Å². The van der Waals surface area contributed by atoms with Crippen molar-refractivity contribution in [1.29, 1.82) is 5.26 Å². The molecule has 16 heavy (non-hydrogen) atoms. The van der Waals surface area contributed by atoms with Gasteiger partial charge in [-0.05, 0) is 24.5 Å². The molecule has 1 atom stereocenters. The zero-order valence-corrected chi connectivity index (χ0v) is 11.0. The second kappa shape index (κ2) is 5.81. The number of hydrogen-bond donors (Lipinski definition) is 0. The third-order valence-electron chi connectivity index (χ3n) is 2.47. The van der Waals surface area contributed by atoms with Gasteiger partial charge in [-0.1, -0.05) is 41.1 Å². The quantitative estimate of drug-likeness (QED) is 0.627. The summed E-state index contributed by atoms with van der Waals surface area (Å²) in [6.07, 6.45) is 1.20. The Morgan fingerprint density at radius 2 is 2.25 bits per heavy atom. The van der Waals surface area contributed by atoms with Crippen LogP contribution in [0.25, 0.3) is 0 Å². The predicted octanol–water partition coefficient (Wildman–Crippen LogP) is 3.28. The van der Waals surface area contributed by atoms with E-state index in [2.05, 4.69) is 28.9 Å². The number of ketones is 1. The number of halogens is 1. The molecule has 0 bridgehead atoms. The molecule has 0 aliphatic carbocycles. The Labute approximate surface area is 104 Å². The highest BCUT2D eigenvalue weighted by Gasteiger charge is 2.15. The van der Waals surface area contributed by atoms with Crippen molar-refractivity contribution in [2.75, 3.05) is 0 Å². The van der Waals surface area contributed by atoms with Crippen molar-refractivity contribution in [3.05, 3.63) is 34.9 Å². The number of nitrogens with zero attached hydrogens (tertiary/aromatic N) is 1. The topological polar surface area (TPSA) is 40.9 Å². The summed E-state index contributed by atoms with van der Waals surface area (Å²) in [5.74, 6) is 0.0351. The second-order valence-corrected chi connectivity index (χ2v) is 5.03. The molecule has 1 aromatic rings. The summed E-state index contributed by atoms with van der Waals surface area (Å²) in [5.41, 5.74) is 2.64. The van der Waals surface area contributed by atoms with Gasteiger partial charge in [-0.25, -0.2) is 0 Å². The first kappa shape index (κ1) is 12.9. The van der Waals surface area contributed by atoms with Crippen molar-refractivity contribution in [2.45, 2.75) is 31.5 Å². The van der Waals surface area contributed by atoms with Crippen LogP contribution in [0.3, 0.4) is 0 Å². The average Bonchev–Trinajstić information content (AvgIpc) is 2.28. The lowest BCUT2D eigenvalue weighted by molar-refractivity contribution is 0.0995. The molecule has 0 aromatic heterocycles. The van der Waals surface area contributed by atoms with E-state index in [1.165, 1.54) is 0 Å². The summed E-state index contributed by atoms with van der Waals surface area (Å²) < 4.78 is 0. The highest BCUT2D eigenvalue weighted by atomic mass is 79.9. The molecule has 0 fully saturated rings. The van der Waals surface area contributed by atoms with E-state index in [1.807, 2.05) is 18.2 Å². The van der Waals surface area contributed by atoms with Crippen LogP contribution in [0.1, 0.15) is 35.3 Å². The smallest absolute Gasteiger partial charge is 0.176 e. The Morgan fingerprint density at radius 1 is 1.56 bits per heavy atom. The number of rotatable bonds is 4. The van der Waals surface area contributed by atoms with Crippen LogP contribution in [0.5, 0.6) is 0 Å². The molecule has 1 unspecified atom stereocenters. The predicted molar refractivity (Wildman–Crippen MR) is 67.9 cm³/mol. The van der Waals surface area contributed by atoms with E-state index in [-0.39, 0.29) is 17.0 Å². The fraction of sp³-hybridized carbons (Fsp3) is 0.385. The molecule has 0 aliphatic rings. The van der Waals surface area contributed by atoms with Gasteiger partial charge in [-0.2, -0.15) is 5.26 Å². The van der Waals surface area contributed by atoms with Gasteiger partial charge in [0.2, 0.25) is 0 Å². The monoisotopic (exact) mass is 279 g/mol. The second-order valence-electron chi connectivity index (χ2n) is 3.66. The molecule has 2 nitrogen and oxygen atoms in total. The summed E-state index contributed by atoms with van der Waals surface area (Å²) >= 11 is 3.26. The van der Waals surface area contributed by atoms with Crippen molar-refractivity contribution in [2.24, 2.45) is 0 Å². The third kappa shape index (κ3) is 2.93. The normalized spacial score (nSPS) is 11.9. The first-order valence-electron chi connectivity index (χ1n) is 5.27. The summed E-state index contributed by atoms with van der Waals surface area (Å²) in [6, 6.07) is 7.83. The lowest BCUT2D eigenvalue weighted by Crippen LogP contribution is -2.12. The Bertz CT molecular complexity index is 432. The van der Waals surface area contributed by atoms with Crippen molar-refractivity contribution in [3.8, 4) is 6.07 Å². The first-order chi connectivity index (χ1) is 7.60. The maximum atomic E-state index is 11.9. The molecule has 3 heteroatoms. The molecule has 0 saturated heterocycles. The Kier molecular flexibility index (Phi) is 4.70. The largest absolute Gasteiger partial charge is 0.293 e. The molecular formula is C13H14BrNO. The fourth-order valence-corrected chi connectivity index (χ4v) is 1.80. The third-order valence-corrected chi connectivity index (χ3v) is 2.89. The Hall–Kier alpha value is -1.14. The van der Waals surface area contributed by atoms with E-state index in [9.17, 15) is 4.79 Å².